The molecule has 3 heteroatoms. The largest absolute Gasteiger partial charge is 0.489 e. The molecule has 0 aliphatic heterocycles. The molecule has 2 rings (SSSR count). The lowest BCUT2D eigenvalue weighted by atomic mass is 9.85. The van der Waals surface area contributed by atoms with Gasteiger partial charge in [-0.25, -0.2) is 4.98 Å². The molecule has 1 fully saturated rings. The molecule has 1 saturated carbocycles. The number of ether oxygens (including phenoxy) is 1. The van der Waals surface area contributed by atoms with E-state index < -0.39 is 0 Å². The number of hydrogen-bond donors (Lipinski definition) is 0. The van der Waals surface area contributed by atoms with Crippen LogP contribution in [-0.4, -0.2) is 11.1 Å². The molecule has 1 aromatic rings. The molecule has 90 valence electrons. The molecule has 1 aliphatic carbocycles. The van der Waals surface area contributed by atoms with E-state index in [9.17, 15) is 0 Å². The van der Waals surface area contributed by atoms with Crippen LogP contribution in [0.15, 0.2) is 18.3 Å². The van der Waals surface area contributed by atoms with Gasteiger partial charge >= 0.3 is 0 Å². The third-order valence-corrected chi connectivity index (χ3v) is 3.47. The zero-order valence-electron chi connectivity index (χ0n) is 10.2. The van der Waals surface area contributed by atoms with Gasteiger partial charge in [0.25, 0.3) is 0 Å². The molecule has 0 bridgehead atoms. The van der Waals surface area contributed by atoms with Crippen molar-refractivity contribution in [3.8, 4) is 11.8 Å². The van der Waals surface area contributed by atoms with Crippen LogP contribution in [0.5, 0.6) is 5.75 Å². The van der Waals surface area contributed by atoms with E-state index in [1.807, 2.05) is 12.1 Å². The summed E-state index contributed by atoms with van der Waals surface area (Å²) < 4.78 is 5.91. The Labute approximate surface area is 102 Å². The van der Waals surface area contributed by atoms with Gasteiger partial charge in [0, 0.05) is 0 Å². The first-order chi connectivity index (χ1) is 8.31. The Hall–Kier alpha value is -1.56. The first-order valence-electron chi connectivity index (χ1n) is 6.34. The summed E-state index contributed by atoms with van der Waals surface area (Å²) in [4.78, 5) is 4.02. The Kier molecular flexibility index (Phi) is 3.98. The van der Waals surface area contributed by atoms with Crippen molar-refractivity contribution >= 4 is 0 Å². The van der Waals surface area contributed by atoms with Crippen molar-refractivity contribution < 1.29 is 4.74 Å². The molecule has 0 radical (unpaired) electrons. The second kappa shape index (κ2) is 5.67. The second-order valence-corrected chi connectivity index (χ2v) is 4.67. The molecule has 3 nitrogen and oxygen atoms in total. The Bertz CT molecular complexity index is 394. The fraction of sp³-hybridized carbons (Fsp3) is 0.571. The highest BCUT2D eigenvalue weighted by Crippen LogP contribution is 2.29. The molecule has 0 N–H and O–H groups in total. The molecule has 0 saturated heterocycles. The van der Waals surface area contributed by atoms with Crippen molar-refractivity contribution in [2.45, 2.75) is 45.1 Å². The summed E-state index contributed by atoms with van der Waals surface area (Å²) in [6.07, 6.45) is 8.09. The molecule has 1 aliphatic rings. The maximum atomic E-state index is 8.66. The zero-order chi connectivity index (χ0) is 12.1. The van der Waals surface area contributed by atoms with Gasteiger partial charge in [-0.2, -0.15) is 5.26 Å². The van der Waals surface area contributed by atoms with Gasteiger partial charge in [0.2, 0.25) is 0 Å². The van der Waals surface area contributed by atoms with Gasteiger partial charge in [-0.3, -0.25) is 0 Å². The molecule has 2 unspecified atom stereocenters. The Morgan fingerprint density at radius 1 is 1.47 bits per heavy atom. The highest BCUT2D eigenvalue weighted by atomic mass is 16.5. The Morgan fingerprint density at radius 3 is 3.00 bits per heavy atom. The highest BCUT2D eigenvalue weighted by molar-refractivity contribution is 5.26. The minimum absolute atomic E-state index is 0.323. The lowest BCUT2D eigenvalue weighted by molar-refractivity contribution is 0.121. The predicted octanol–water partition coefficient (Wildman–Crippen LogP) is 3.30. The van der Waals surface area contributed by atoms with E-state index in [-0.39, 0.29) is 0 Å². The monoisotopic (exact) mass is 230 g/mol. The van der Waals surface area contributed by atoms with Crippen LogP contribution < -0.4 is 4.74 Å². The van der Waals surface area contributed by atoms with Crippen LogP contribution >= 0.6 is 0 Å². The standard InChI is InChI=1S/C14H18N2O/c1-2-11-4-3-5-13(8-11)17-14-7-6-12(9-15)16-10-14/h6-7,10-11,13H,2-5,8H2,1H3. The third kappa shape index (κ3) is 3.20. The first kappa shape index (κ1) is 11.9. The molecule has 1 aromatic heterocycles. The summed E-state index contributed by atoms with van der Waals surface area (Å²) in [5.74, 6) is 1.59. The summed E-state index contributed by atoms with van der Waals surface area (Å²) >= 11 is 0. The molecule has 0 amide bonds. The SMILES string of the molecule is CCC1CCCC(Oc2ccc(C#N)nc2)C1. The summed E-state index contributed by atoms with van der Waals surface area (Å²) in [5.41, 5.74) is 0.437. The minimum atomic E-state index is 0.323. The number of rotatable bonds is 3. The maximum Gasteiger partial charge on any atom is 0.140 e. The van der Waals surface area contributed by atoms with Crippen LogP contribution in [0.25, 0.3) is 0 Å². The van der Waals surface area contributed by atoms with E-state index in [1.54, 1.807) is 12.3 Å². The summed E-state index contributed by atoms with van der Waals surface area (Å²) in [7, 11) is 0. The number of pyridine rings is 1. The number of nitriles is 1. The zero-order valence-corrected chi connectivity index (χ0v) is 10.2. The van der Waals surface area contributed by atoms with Gasteiger partial charge in [0.15, 0.2) is 0 Å². The molecule has 0 aromatic carbocycles. The van der Waals surface area contributed by atoms with E-state index in [1.165, 1.54) is 19.3 Å². The molecule has 1 heterocycles. The smallest absolute Gasteiger partial charge is 0.140 e. The van der Waals surface area contributed by atoms with Crippen molar-refractivity contribution in [1.82, 2.24) is 4.98 Å². The van der Waals surface area contributed by atoms with Crippen molar-refractivity contribution in [2.24, 2.45) is 5.92 Å². The van der Waals surface area contributed by atoms with E-state index in [0.717, 1.165) is 24.5 Å². The van der Waals surface area contributed by atoms with Crippen LogP contribution in [0.3, 0.4) is 0 Å². The fourth-order valence-corrected chi connectivity index (χ4v) is 2.43. The van der Waals surface area contributed by atoms with Gasteiger partial charge in [-0.05, 0) is 37.3 Å². The first-order valence-corrected chi connectivity index (χ1v) is 6.34. The van der Waals surface area contributed by atoms with Crippen molar-refractivity contribution in [3.63, 3.8) is 0 Å². The van der Waals surface area contributed by atoms with Crippen LogP contribution in [-0.2, 0) is 0 Å². The van der Waals surface area contributed by atoms with Gasteiger partial charge < -0.3 is 4.74 Å². The van der Waals surface area contributed by atoms with Crippen molar-refractivity contribution in [2.75, 3.05) is 0 Å². The van der Waals surface area contributed by atoms with Crippen molar-refractivity contribution in [3.05, 3.63) is 24.0 Å². The summed E-state index contributed by atoms with van der Waals surface area (Å²) in [5, 5.41) is 8.66. The Morgan fingerprint density at radius 2 is 2.35 bits per heavy atom. The van der Waals surface area contributed by atoms with Gasteiger partial charge in [-0.1, -0.05) is 19.8 Å². The van der Waals surface area contributed by atoms with Gasteiger partial charge in [-0.15, -0.1) is 0 Å². The normalized spacial score (nSPS) is 24.0. The van der Waals surface area contributed by atoms with E-state index in [2.05, 4.69) is 11.9 Å². The number of nitrogens with zero attached hydrogens (tertiary/aromatic N) is 2. The molecular formula is C14H18N2O. The molecular weight excluding hydrogens is 212 g/mol. The summed E-state index contributed by atoms with van der Waals surface area (Å²) in [6, 6.07) is 5.55. The Balaban J connectivity index is 1.93. The molecule has 2 atom stereocenters. The quantitative estimate of drug-likeness (QED) is 0.800. The lowest BCUT2D eigenvalue weighted by Gasteiger charge is -2.28. The van der Waals surface area contributed by atoms with Crippen LogP contribution in [0.1, 0.15) is 44.7 Å². The fourth-order valence-electron chi connectivity index (χ4n) is 2.43. The molecule has 0 spiro atoms. The third-order valence-electron chi connectivity index (χ3n) is 3.47. The lowest BCUT2D eigenvalue weighted by Crippen LogP contribution is -2.25. The van der Waals surface area contributed by atoms with Gasteiger partial charge in [0.1, 0.15) is 17.5 Å². The predicted molar refractivity (Wildman–Crippen MR) is 65.6 cm³/mol. The minimum Gasteiger partial charge on any atom is -0.489 e. The molecule has 17 heavy (non-hydrogen) atoms. The average molecular weight is 230 g/mol. The summed E-state index contributed by atoms with van der Waals surface area (Å²) in [6.45, 7) is 2.25. The van der Waals surface area contributed by atoms with E-state index in [0.29, 0.717) is 11.8 Å². The maximum absolute atomic E-state index is 8.66. The second-order valence-electron chi connectivity index (χ2n) is 4.67. The van der Waals surface area contributed by atoms with E-state index >= 15 is 0 Å². The topological polar surface area (TPSA) is 45.9 Å². The number of hydrogen-bond acceptors (Lipinski definition) is 3. The number of aromatic nitrogens is 1. The average Bonchev–Trinajstić information content (AvgIpc) is 2.40. The highest BCUT2D eigenvalue weighted by Gasteiger charge is 2.21. The van der Waals surface area contributed by atoms with Crippen LogP contribution in [0.2, 0.25) is 0 Å². The van der Waals surface area contributed by atoms with Crippen LogP contribution in [0, 0.1) is 17.2 Å². The van der Waals surface area contributed by atoms with Crippen LogP contribution in [0.4, 0.5) is 0 Å². The van der Waals surface area contributed by atoms with E-state index in [4.69, 9.17) is 10.00 Å². The van der Waals surface area contributed by atoms with Crippen molar-refractivity contribution in [1.29, 1.82) is 5.26 Å². The van der Waals surface area contributed by atoms with Gasteiger partial charge in [0.05, 0.1) is 12.3 Å².